The average Bonchev–Trinajstić information content (AvgIpc) is 3.35. The van der Waals surface area contributed by atoms with E-state index >= 15 is 0 Å². The van der Waals surface area contributed by atoms with E-state index in [9.17, 15) is 4.79 Å². The number of pyridine rings is 1. The number of amides is 1. The Hall–Kier alpha value is -3.17. The third-order valence-electron chi connectivity index (χ3n) is 4.22. The van der Waals surface area contributed by atoms with Crippen molar-refractivity contribution in [3.05, 3.63) is 23.2 Å². The molecular formula is C17H16N6O2S. The van der Waals surface area contributed by atoms with Crippen LogP contribution in [0.2, 0.25) is 0 Å². The fourth-order valence-electron chi connectivity index (χ4n) is 2.83. The lowest BCUT2D eigenvalue weighted by molar-refractivity contribution is -0.121. The summed E-state index contributed by atoms with van der Waals surface area (Å²) in [7, 11) is 3.13. The molecule has 1 atom stereocenters. The third-order valence-corrected chi connectivity index (χ3v) is 5.14. The second-order valence-electron chi connectivity index (χ2n) is 5.72. The molecule has 26 heavy (non-hydrogen) atoms. The van der Waals surface area contributed by atoms with Crippen molar-refractivity contribution in [2.75, 3.05) is 25.6 Å². The van der Waals surface area contributed by atoms with E-state index in [0.717, 1.165) is 6.42 Å². The Balaban J connectivity index is 1.83. The van der Waals surface area contributed by atoms with Gasteiger partial charge in [0.2, 0.25) is 0 Å². The molecule has 9 heteroatoms. The van der Waals surface area contributed by atoms with E-state index in [1.807, 2.05) is 6.07 Å². The molecule has 1 aliphatic heterocycles. The summed E-state index contributed by atoms with van der Waals surface area (Å²) >= 11 is 1.31. The average molecular weight is 368 g/mol. The van der Waals surface area contributed by atoms with E-state index in [2.05, 4.69) is 16.2 Å². The molecule has 0 bridgehead atoms. The van der Waals surface area contributed by atoms with Crippen molar-refractivity contribution in [3.8, 4) is 29.4 Å². The van der Waals surface area contributed by atoms with Gasteiger partial charge in [0.15, 0.2) is 22.8 Å². The largest absolute Gasteiger partial charge is 0.494 e. The molecule has 2 aromatic heterocycles. The van der Waals surface area contributed by atoms with E-state index in [1.165, 1.54) is 28.2 Å². The number of nitriles is 2. The molecular weight excluding hydrogens is 352 g/mol. The Morgan fingerprint density at radius 3 is 2.88 bits per heavy atom. The number of likely N-dealkylation sites (tertiary alicyclic amines) is 1. The maximum atomic E-state index is 12.7. The lowest BCUT2D eigenvalue weighted by Gasteiger charge is -2.22. The molecule has 0 radical (unpaired) electrons. The van der Waals surface area contributed by atoms with Gasteiger partial charge in [0.05, 0.1) is 12.8 Å². The molecule has 1 saturated heterocycles. The minimum Gasteiger partial charge on any atom is -0.494 e. The van der Waals surface area contributed by atoms with Gasteiger partial charge in [-0.1, -0.05) is 0 Å². The molecule has 132 valence electrons. The molecule has 0 saturated carbocycles. The van der Waals surface area contributed by atoms with Crippen molar-refractivity contribution >= 4 is 22.4 Å². The minimum atomic E-state index is -0.429. The minimum absolute atomic E-state index is 0.148. The maximum absolute atomic E-state index is 12.7. The van der Waals surface area contributed by atoms with Gasteiger partial charge in [-0.05, 0) is 25.0 Å². The van der Waals surface area contributed by atoms with Crippen LogP contribution in [0.1, 0.15) is 18.5 Å². The summed E-state index contributed by atoms with van der Waals surface area (Å²) in [6.07, 6.45) is 3.57. The number of thiazole rings is 1. The van der Waals surface area contributed by atoms with Gasteiger partial charge < -0.3 is 4.74 Å². The van der Waals surface area contributed by atoms with Gasteiger partial charge in [0.25, 0.3) is 5.91 Å². The summed E-state index contributed by atoms with van der Waals surface area (Å²) in [6, 6.07) is 4.94. The fourth-order valence-corrected chi connectivity index (χ4v) is 3.62. The van der Waals surface area contributed by atoms with E-state index in [4.69, 9.17) is 15.3 Å². The monoisotopic (exact) mass is 368 g/mol. The van der Waals surface area contributed by atoms with Crippen LogP contribution in [0.3, 0.4) is 0 Å². The van der Waals surface area contributed by atoms with Gasteiger partial charge in [-0.25, -0.2) is 9.97 Å². The van der Waals surface area contributed by atoms with Crippen LogP contribution in [0, 0.1) is 22.8 Å². The highest BCUT2D eigenvalue weighted by Gasteiger charge is 2.33. The van der Waals surface area contributed by atoms with Gasteiger partial charge in [-0.15, -0.1) is 11.3 Å². The van der Waals surface area contributed by atoms with Crippen LogP contribution < -0.4 is 9.64 Å². The highest BCUT2D eigenvalue weighted by Crippen LogP contribution is 2.29. The number of nitrogens with zero attached hydrogens (tertiary/aromatic N) is 6. The molecule has 0 aromatic carbocycles. The van der Waals surface area contributed by atoms with Crippen molar-refractivity contribution in [1.82, 2.24) is 14.9 Å². The first-order valence-corrected chi connectivity index (χ1v) is 8.82. The summed E-state index contributed by atoms with van der Waals surface area (Å²) in [5.41, 5.74) is 1.29. The second kappa shape index (κ2) is 7.38. The maximum Gasteiger partial charge on any atom is 0.251 e. The van der Waals surface area contributed by atoms with Gasteiger partial charge >= 0.3 is 0 Å². The van der Waals surface area contributed by atoms with E-state index < -0.39 is 6.04 Å². The number of rotatable bonds is 4. The molecule has 1 fully saturated rings. The quantitative estimate of drug-likeness (QED) is 0.760. The van der Waals surface area contributed by atoms with Gasteiger partial charge in [-0.2, -0.15) is 10.5 Å². The number of hydrogen-bond donors (Lipinski definition) is 0. The van der Waals surface area contributed by atoms with Crippen LogP contribution in [0.25, 0.3) is 11.4 Å². The van der Waals surface area contributed by atoms with Crippen LogP contribution in [-0.4, -0.2) is 47.5 Å². The number of carbonyl (C=O) groups excluding carboxylic acids is 1. The Bertz CT molecular complexity index is 913. The van der Waals surface area contributed by atoms with Crippen LogP contribution in [0.5, 0.6) is 5.75 Å². The number of aromatic nitrogens is 2. The van der Waals surface area contributed by atoms with Crippen LogP contribution in [0.4, 0.5) is 5.13 Å². The molecule has 0 aliphatic carbocycles. The first-order valence-electron chi connectivity index (χ1n) is 7.94. The van der Waals surface area contributed by atoms with Gasteiger partial charge in [-0.3, -0.25) is 14.6 Å². The fraction of sp³-hybridized carbons (Fsp3) is 0.353. The number of hydrogen-bond acceptors (Lipinski definition) is 8. The molecule has 1 aliphatic rings. The Morgan fingerprint density at radius 2 is 2.19 bits per heavy atom. The molecule has 0 spiro atoms. The molecule has 1 amide bonds. The number of likely N-dealkylation sites (N-methyl/N-ethyl adjacent to an activating group) is 1. The predicted molar refractivity (Wildman–Crippen MR) is 95.4 cm³/mol. The van der Waals surface area contributed by atoms with Crippen LogP contribution in [-0.2, 0) is 4.79 Å². The highest BCUT2D eigenvalue weighted by atomic mass is 32.1. The van der Waals surface area contributed by atoms with E-state index in [0.29, 0.717) is 35.2 Å². The summed E-state index contributed by atoms with van der Waals surface area (Å²) in [5.74, 6) is 0.252. The zero-order chi connectivity index (χ0) is 18.7. The second-order valence-corrected chi connectivity index (χ2v) is 6.56. The molecule has 2 aromatic rings. The number of carbonyl (C=O) groups is 1. The summed E-state index contributed by atoms with van der Waals surface area (Å²) in [5, 5.41) is 20.6. The third kappa shape index (κ3) is 3.17. The van der Waals surface area contributed by atoms with Crippen molar-refractivity contribution < 1.29 is 9.53 Å². The Kier molecular flexibility index (Phi) is 5.01. The van der Waals surface area contributed by atoms with Crippen molar-refractivity contribution in [2.24, 2.45) is 0 Å². The van der Waals surface area contributed by atoms with Crippen molar-refractivity contribution in [1.29, 1.82) is 10.5 Å². The van der Waals surface area contributed by atoms with Crippen LogP contribution >= 0.6 is 11.3 Å². The molecule has 3 rings (SSSR count). The first kappa shape index (κ1) is 17.6. The molecule has 8 nitrogen and oxygen atoms in total. The topological polar surface area (TPSA) is 106 Å². The first-order chi connectivity index (χ1) is 12.6. The molecule has 3 heterocycles. The molecule has 1 unspecified atom stereocenters. The number of anilines is 1. The Labute approximate surface area is 154 Å². The normalized spacial score (nSPS) is 16.0. The van der Waals surface area contributed by atoms with E-state index in [1.54, 1.807) is 24.6 Å². The summed E-state index contributed by atoms with van der Waals surface area (Å²) in [6.45, 7) is 0.608. The zero-order valence-corrected chi connectivity index (χ0v) is 15.2. The van der Waals surface area contributed by atoms with Crippen molar-refractivity contribution in [3.63, 3.8) is 0 Å². The van der Waals surface area contributed by atoms with Gasteiger partial charge in [0, 0.05) is 19.0 Å². The lowest BCUT2D eigenvalue weighted by atomic mass is 10.2. The Morgan fingerprint density at radius 1 is 1.38 bits per heavy atom. The van der Waals surface area contributed by atoms with Gasteiger partial charge in [0.1, 0.15) is 17.8 Å². The lowest BCUT2D eigenvalue weighted by Crippen LogP contribution is -2.42. The van der Waals surface area contributed by atoms with E-state index in [-0.39, 0.29) is 11.6 Å². The summed E-state index contributed by atoms with van der Waals surface area (Å²) in [4.78, 5) is 24.4. The standard InChI is InChI=1S/C17H16N6O2S/c1-22(16(24)14-4-3-7-23(14)10-19)17-21-13(9-26-17)11-5-6-15(25-2)12(8-18)20-11/h5-6,9,14H,3-4,7H2,1-2H3. The number of ether oxygens (including phenoxy) is 1. The zero-order valence-electron chi connectivity index (χ0n) is 14.3. The smallest absolute Gasteiger partial charge is 0.251 e. The SMILES string of the molecule is COc1ccc(-c2csc(N(C)C(=O)C3CCCN3C#N)n2)nc1C#N. The van der Waals surface area contributed by atoms with Crippen molar-refractivity contribution in [2.45, 2.75) is 18.9 Å². The van der Waals surface area contributed by atoms with Crippen LogP contribution in [0.15, 0.2) is 17.5 Å². The number of methoxy groups -OCH3 is 1. The molecule has 0 N–H and O–H groups in total. The highest BCUT2D eigenvalue weighted by molar-refractivity contribution is 7.14. The predicted octanol–water partition coefficient (Wildman–Crippen LogP) is 1.99. The summed E-state index contributed by atoms with van der Waals surface area (Å²) < 4.78 is 5.09.